The summed E-state index contributed by atoms with van der Waals surface area (Å²) in [4.78, 5) is 0. The van der Waals surface area contributed by atoms with Crippen molar-refractivity contribution in [2.75, 3.05) is 0 Å². The van der Waals surface area contributed by atoms with Crippen molar-refractivity contribution in [3.8, 4) is 6.07 Å². The third kappa shape index (κ3) is 1.41. The number of allylic oxidation sites excluding steroid dienone is 3. The summed E-state index contributed by atoms with van der Waals surface area (Å²) >= 11 is 15.6. The summed E-state index contributed by atoms with van der Waals surface area (Å²) in [5.41, 5.74) is 0. The molecular formula is C7H5Cl2NS. The van der Waals surface area contributed by atoms with Gasteiger partial charge in [0.2, 0.25) is 0 Å². The van der Waals surface area contributed by atoms with Crippen LogP contribution in [0.3, 0.4) is 0 Å². The molecule has 2 unspecified atom stereocenters. The van der Waals surface area contributed by atoms with Gasteiger partial charge in [0.05, 0.1) is 16.5 Å². The standard InChI is InChI=1S/C7H5Cl2NS/c8-5-2-1-3-6(9)7(5,11)4-10/h1-3,5,11H. The van der Waals surface area contributed by atoms with E-state index in [0.29, 0.717) is 5.03 Å². The minimum absolute atomic E-state index is 0.367. The maximum absolute atomic E-state index is 8.72. The molecule has 11 heavy (non-hydrogen) atoms. The van der Waals surface area contributed by atoms with Crippen LogP contribution in [0, 0.1) is 11.3 Å². The van der Waals surface area contributed by atoms with E-state index < -0.39 is 10.1 Å². The van der Waals surface area contributed by atoms with Gasteiger partial charge in [-0.05, 0) is 6.08 Å². The highest BCUT2D eigenvalue weighted by molar-refractivity contribution is 7.82. The van der Waals surface area contributed by atoms with E-state index in [4.69, 9.17) is 28.5 Å². The van der Waals surface area contributed by atoms with E-state index >= 15 is 0 Å². The lowest BCUT2D eigenvalue weighted by Gasteiger charge is -2.25. The summed E-state index contributed by atoms with van der Waals surface area (Å²) in [5.74, 6) is 0. The number of nitriles is 1. The fraction of sp³-hybridized carbons (Fsp3) is 0.286. The lowest BCUT2D eigenvalue weighted by Crippen LogP contribution is -2.32. The highest BCUT2D eigenvalue weighted by Gasteiger charge is 2.37. The van der Waals surface area contributed by atoms with Crippen LogP contribution >= 0.6 is 35.8 Å². The fourth-order valence-electron chi connectivity index (χ4n) is 0.751. The van der Waals surface area contributed by atoms with Gasteiger partial charge >= 0.3 is 0 Å². The Morgan fingerprint density at radius 2 is 2.36 bits per heavy atom. The monoisotopic (exact) mass is 205 g/mol. The number of rotatable bonds is 0. The van der Waals surface area contributed by atoms with Crippen molar-refractivity contribution in [2.45, 2.75) is 10.1 Å². The number of thiol groups is 1. The van der Waals surface area contributed by atoms with E-state index in [0.717, 1.165) is 0 Å². The molecule has 0 amide bonds. The highest BCUT2D eigenvalue weighted by Crippen LogP contribution is 2.37. The molecule has 1 nitrogen and oxygen atoms in total. The molecule has 0 radical (unpaired) electrons. The van der Waals surface area contributed by atoms with Crippen LogP contribution in [-0.4, -0.2) is 10.1 Å². The van der Waals surface area contributed by atoms with E-state index in [1.54, 1.807) is 18.2 Å². The van der Waals surface area contributed by atoms with E-state index in [1.165, 1.54) is 0 Å². The molecule has 2 atom stereocenters. The Morgan fingerprint density at radius 1 is 1.73 bits per heavy atom. The number of nitrogens with zero attached hydrogens (tertiary/aromatic N) is 1. The van der Waals surface area contributed by atoms with Gasteiger partial charge < -0.3 is 0 Å². The van der Waals surface area contributed by atoms with Gasteiger partial charge in [0.25, 0.3) is 0 Å². The van der Waals surface area contributed by atoms with E-state index in [9.17, 15) is 0 Å². The molecule has 0 aromatic rings. The first-order valence-corrected chi connectivity index (χ1v) is 4.19. The molecule has 0 spiro atoms. The first kappa shape index (κ1) is 8.99. The lowest BCUT2D eigenvalue weighted by molar-refractivity contribution is 0.894. The summed E-state index contributed by atoms with van der Waals surface area (Å²) in [6, 6.07) is 1.96. The minimum Gasteiger partial charge on any atom is -0.196 e. The van der Waals surface area contributed by atoms with Crippen molar-refractivity contribution in [1.82, 2.24) is 0 Å². The molecule has 0 heterocycles. The predicted octanol–water partition coefficient (Wildman–Crippen LogP) is 2.48. The number of hydrogen-bond acceptors (Lipinski definition) is 2. The van der Waals surface area contributed by atoms with Crippen molar-refractivity contribution in [3.63, 3.8) is 0 Å². The number of halogens is 2. The Balaban J connectivity index is 3.06. The molecule has 1 aliphatic carbocycles. The second-order valence-electron chi connectivity index (χ2n) is 2.18. The Morgan fingerprint density at radius 3 is 2.73 bits per heavy atom. The van der Waals surface area contributed by atoms with Crippen LogP contribution in [0.1, 0.15) is 0 Å². The topological polar surface area (TPSA) is 23.8 Å². The first-order valence-electron chi connectivity index (χ1n) is 2.93. The lowest BCUT2D eigenvalue weighted by atomic mass is 10.0. The minimum atomic E-state index is -1.06. The summed E-state index contributed by atoms with van der Waals surface area (Å²) in [6.07, 6.45) is 5.02. The maximum atomic E-state index is 8.72. The van der Waals surface area contributed by atoms with E-state index in [2.05, 4.69) is 12.6 Å². The van der Waals surface area contributed by atoms with E-state index in [-0.39, 0.29) is 0 Å². The number of hydrogen-bond donors (Lipinski definition) is 1. The van der Waals surface area contributed by atoms with Crippen molar-refractivity contribution in [2.24, 2.45) is 0 Å². The zero-order valence-electron chi connectivity index (χ0n) is 5.46. The Bertz CT molecular complexity index is 266. The molecule has 4 heteroatoms. The first-order chi connectivity index (χ1) is 5.11. The Labute approximate surface area is 80.7 Å². The summed E-state index contributed by atoms with van der Waals surface area (Å²) in [6.45, 7) is 0. The van der Waals surface area contributed by atoms with Crippen LogP contribution < -0.4 is 0 Å². The van der Waals surface area contributed by atoms with Crippen LogP contribution in [0.4, 0.5) is 0 Å². The largest absolute Gasteiger partial charge is 0.196 e. The van der Waals surface area contributed by atoms with Gasteiger partial charge in [-0.3, -0.25) is 0 Å². The molecule has 0 N–H and O–H groups in total. The number of alkyl halides is 1. The molecule has 0 bridgehead atoms. The zero-order chi connectivity index (χ0) is 8.48. The smallest absolute Gasteiger partial charge is 0.155 e. The van der Waals surface area contributed by atoms with Gasteiger partial charge in [-0.2, -0.15) is 5.26 Å². The van der Waals surface area contributed by atoms with Gasteiger partial charge in [0.1, 0.15) is 0 Å². The molecule has 1 rings (SSSR count). The fourth-order valence-corrected chi connectivity index (χ4v) is 1.45. The van der Waals surface area contributed by atoms with Crippen molar-refractivity contribution in [3.05, 3.63) is 23.3 Å². The Kier molecular flexibility index (Phi) is 2.54. The predicted molar refractivity (Wildman–Crippen MR) is 50.0 cm³/mol. The quantitative estimate of drug-likeness (QED) is 0.477. The van der Waals surface area contributed by atoms with Gasteiger partial charge in [-0.25, -0.2) is 0 Å². The van der Waals surface area contributed by atoms with Gasteiger partial charge in [0, 0.05) is 0 Å². The normalized spacial score (nSPS) is 36.2. The molecule has 0 aromatic carbocycles. The van der Waals surface area contributed by atoms with Crippen molar-refractivity contribution in [1.29, 1.82) is 5.26 Å². The third-order valence-electron chi connectivity index (χ3n) is 1.46. The molecule has 0 fully saturated rings. The van der Waals surface area contributed by atoms with Crippen LogP contribution in [-0.2, 0) is 0 Å². The average molecular weight is 206 g/mol. The van der Waals surface area contributed by atoms with Gasteiger partial charge in [-0.1, -0.05) is 23.8 Å². The molecule has 1 aliphatic rings. The average Bonchev–Trinajstić information content (AvgIpc) is 2.00. The van der Waals surface area contributed by atoms with Crippen LogP contribution in [0.25, 0.3) is 0 Å². The molecule has 0 aliphatic heterocycles. The van der Waals surface area contributed by atoms with Crippen molar-refractivity contribution < 1.29 is 0 Å². The highest BCUT2D eigenvalue weighted by atomic mass is 35.5. The second kappa shape index (κ2) is 3.10. The molecule has 0 aromatic heterocycles. The van der Waals surface area contributed by atoms with Crippen LogP contribution in [0.15, 0.2) is 23.3 Å². The summed E-state index contributed by atoms with van der Waals surface area (Å²) in [5, 5.41) is 8.62. The van der Waals surface area contributed by atoms with Crippen molar-refractivity contribution >= 4 is 35.8 Å². The summed E-state index contributed by atoms with van der Waals surface area (Å²) in [7, 11) is 0. The van der Waals surface area contributed by atoms with Gasteiger partial charge in [-0.15, -0.1) is 24.2 Å². The van der Waals surface area contributed by atoms with Gasteiger partial charge in [0.15, 0.2) is 4.75 Å². The second-order valence-corrected chi connectivity index (χ2v) is 3.76. The summed E-state index contributed by atoms with van der Waals surface area (Å²) < 4.78 is -1.06. The molecule has 0 saturated carbocycles. The SMILES string of the molecule is N#CC1(S)C(Cl)=CC=CC1Cl. The molecule has 0 saturated heterocycles. The third-order valence-corrected chi connectivity index (χ3v) is 3.26. The van der Waals surface area contributed by atoms with Crippen LogP contribution in [0.2, 0.25) is 0 Å². The zero-order valence-corrected chi connectivity index (χ0v) is 7.87. The maximum Gasteiger partial charge on any atom is 0.155 e. The Hall–Kier alpha value is -0.100. The molecule has 58 valence electrons. The van der Waals surface area contributed by atoms with Crippen LogP contribution in [0.5, 0.6) is 0 Å². The molecular weight excluding hydrogens is 201 g/mol. The van der Waals surface area contributed by atoms with E-state index in [1.807, 2.05) is 6.07 Å².